The first-order chi connectivity index (χ1) is 15.3. The Kier molecular flexibility index (Phi) is 6.77. The molecule has 2 aromatic carbocycles. The molecule has 1 heterocycles. The molecule has 0 saturated carbocycles. The molecule has 1 amide bonds. The van der Waals surface area contributed by atoms with Gasteiger partial charge in [0.2, 0.25) is 0 Å². The van der Waals surface area contributed by atoms with Gasteiger partial charge in [0, 0.05) is 24.2 Å². The van der Waals surface area contributed by atoms with Gasteiger partial charge in [-0.05, 0) is 31.0 Å². The van der Waals surface area contributed by atoms with Gasteiger partial charge < -0.3 is 19.5 Å². The maximum Gasteiger partial charge on any atom is 0.295 e. The zero-order valence-corrected chi connectivity index (χ0v) is 18.0. The molecule has 0 bridgehead atoms. The van der Waals surface area contributed by atoms with Crippen LogP contribution in [-0.4, -0.2) is 46.9 Å². The van der Waals surface area contributed by atoms with Crippen LogP contribution in [0.1, 0.15) is 37.4 Å². The number of rotatable bonds is 8. The SMILES string of the molecule is CCCN1C(=O)C(=O)/C(=C(/O)c2cccc([N+](=O)[O-])c2)C1c1ccc(OC)c(OCC)c1. The van der Waals surface area contributed by atoms with E-state index in [2.05, 4.69) is 0 Å². The molecule has 9 nitrogen and oxygen atoms in total. The zero-order chi connectivity index (χ0) is 23.4. The van der Waals surface area contributed by atoms with Gasteiger partial charge >= 0.3 is 0 Å². The second-order valence-electron chi connectivity index (χ2n) is 7.14. The number of likely N-dealkylation sites (tertiary alicyclic amines) is 1. The van der Waals surface area contributed by atoms with Crippen molar-refractivity contribution in [1.82, 2.24) is 4.90 Å². The highest BCUT2D eigenvalue weighted by Gasteiger charge is 2.46. The van der Waals surface area contributed by atoms with Gasteiger partial charge in [0.05, 0.1) is 30.3 Å². The van der Waals surface area contributed by atoms with E-state index >= 15 is 0 Å². The highest BCUT2D eigenvalue weighted by Crippen LogP contribution is 2.42. The predicted octanol–water partition coefficient (Wildman–Crippen LogP) is 3.83. The molecular weight excluding hydrogens is 416 g/mol. The van der Waals surface area contributed by atoms with Crippen LogP contribution in [0.4, 0.5) is 5.69 Å². The van der Waals surface area contributed by atoms with Gasteiger partial charge in [0.1, 0.15) is 5.76 Å². The van der Waals surface area contributed by atoms with Crippen molar-refractivity contribution in [3.63, 3.8) is 0 Å². The Labute approximate surface area is 185 Å². The summed E-state index contributed by atoms with van der Waals surface area (Å²) in [6.45, 7) is 4.35. The molecule has 32 heavy (non-hydrogen) atoms. The van der Waals surface area contributed by atoms with Crippen molar-refractivity contribution in [2.45, 2.75) is 26.3 Å². The molecule has 1 N–H and O–H groups in total. The van der Waals surface area contributed by atoms with E-state index in [-0.39, 0.29) is 23.4 Å². The number of ether oxygens (including phenoxy) is 2. The van der Waals surface area contributed by atoms with Crippen molar-refractivity contribution < 1.29 is 29.1 Å². The molecule has 0 aliphatic carbocycles. The first-order valence-electron chi connectivity index (χ1n) is 10.2. The van der Waals surface area contributed by atoms with Gasteiger partial charge in [-0.3, -0.25) is 19.7 Å². The van der Waals surface area contributed by atoms with Crippen molar-refractivity contribution in [3.8, 4) is 11.5 Å². The Morgan fingerprint density at radius 1 is 1.16 bits per heavy atom. The highest BCUT2D eigenvalue weighted by molar-refractivity contribution is 6.46. The number of methoxy groups -OCH3 is 1. The Morgan fingerprint density at radius 2 is 1.91 bits per heavy atom. The number of hydrogen-bond acceptors (Lipinski definition) is 7. The molecule has 1 unspecified atom stereocenters. The van der Waals surface area contributed by atoms with Crippen LogP contribution >= 0.6 is 0 Å². The van der Waals surface area contributed by atoms with Crippen LogP contribution in [-0.2, 0) is 9.59 Å². The smallest absolute Gasteiger partial charge is 0.295 e. The van der Waals surface area contributed by atoms with Crippen LogP contribution in [0.2, 0.25) is 0 Å². The zero-order valence-electron chi connectivity index (χ0n) is 18.0. The Morgan fingerprint density at radius 3 is 2.53 bits per heavy atom. The fourth-order valence-corrected chi connectivity index (χ4v) is 3.75. The summed E-state index contributed by atoms with van der Waals surface area (Å²) in [5.41, 5.74) is 0.263. The molecule has 1 atom stereocenters. The molecule has 0 spiro atoms. The van der Waals surface area contributed by atoms with E-state index in [1.165, 1.54) is 36.3 Å². The molecule has 3 rings (SSSR count). The molecule has 1 saturated heterocycles. The third kappa shape index (κ3) is 4.14. The lowest BCUT2D eigenvalue weighted by Gasteiger charge is -2.25. The Hall–Kier alpha value is -3.88. The monoisotopic (exact) mass is 440 g/mol. The van der Waals surface area contributed by atoms with E-state index < -0.39 is 28.4 Å². The average Bonchev–Trinajstić information content (AvgIpc) is 3.04. The summed E-state index contributed by atoms with van der Waals surface area (Å²) in [5.74, 6) is -1.13. The number of carbonyl (C=O) groups excluding carboxylic acids is 2. The van der Waals surface area contributed by atoms with Gasteiger partial charge in [0.25, 0.3) is 17.4 Å². The lowest BCUT2D eigenvalue weighted by molar-refractivity contribution is -0.384. The first kappa shape index (κ1) is 22.8. The van der Waals surface area contributed by atoms with Gasteiger partial charge in [0.15, 0.2) is 11.5 Å². The standard InChI is InChI=1S/C23H24N2O7/c1-4-11-24-20(14-9-10-17(31-3)18(13-14)32-5-2)19(22(27)23(24)28)21(26)15-7-6-8-16(12-15)25(29)30/h6-10,12-13,20,26H,4-5,11H2,1-3H3/b21-19+. The molecule has 0 aromatic heterocycles. The third-order valence-electron chi connectivity index (χ3n) is 5.14. The Balaban J connectivity index is 2.21. The van der Waals surface area contributed by atoms with Crippen molar-refractivity contribution in [2.24, 2.45) is 0 Å². The maximum atomic E-state index is 12.9. The fraction of sp³-hybridized carbons (Fsp3) is 0.304. The van der Waals surface area contributed by atoms with E-state index in [9.17, 15) is 24.8 Å². The minimum absolute atomic E-state index is 0.0808. The number of nitrogens with zero attached hydrogens (tertiary/aromatic N) is 2. The second kappa shape index (κ2) is 9.51. The number of amides is 1. The number of Topliss-reactive ketones (excluding diaryl/α,β-unsaturated/α-hetero) is 1. The van der Waals surface area contributed by atoms with Crippen molar-refractivity contribution >= 4 is 23.1 Å². The van der Waals surface area contributed by atoms with Crippen molar-refractivity contribution in [3.05, 3.63) is 69.3 Å². The third-order valence-corrected chi connectivity index (χ3v) is 5.14. The number of benzene rings is 2. The van der Waals surface area contributed by atoms with Crippen molar-refractivity contribution in [1.29, 1.82) is 0 Å². The van der Waals surface area contributed by atoms with Crippen LogP contribution in [0.3, 0.4) is 0 Å². The lowest BCUT2D eigenvalue weighted by atomic mass is 9.94. The molecule has 1 aliphatic rings. The molecule has 1 aliphatic heterocycles. The number of carbonyl (C=O) groups is 2. The quantitative estimate of drug-likeness (QED) is 0.218. The number of nitro benzene ring substituents is 1. The molecular formula is C23H24N2O7. The fourth-order valence-electron chi connectivity index (χ4n) is 3.75. The number of ketones is 1. The van der Waals surface area contributed by atoms with E-state index in [4.69, 9.17) is 9.47 Å². The van der Waals surface area contributed by atoms with Crippen LogP contribution in [0, 0.1) is 10.1 Å². The number of hydrogen-bond donors (Lipinski definition) is 1. The summed E-state index contributed by atoms with van der Waals surface area (Å²) in [5, 5.41) is 22.2. The number of non-ortho nitro benzene ring substituents is 1. The maximum absolute atomic E-state index is 12.9. The summed E-state index contributed by atoms with van der Waals surface area (Å²) in [4.78, 5) is 37.7. The van der Waals surface area contributed by atoms with Crippen LogP contribution < -0.4 is 9.47 Å². The van der Waals surface area contributed by atoms with Gasteiger partial charge in [-0.25, -0.2) is 0 Å². The van der Waals surface area contributed by atoms with Crippen molar-refractivity contribution in [2.75, 3.05) is 20.3 Å². The van der Waals surface area contributed by atoms with E-state index in [1.54, 1.807) is 18.2 Å². The molecule has 2 aromatic rings. The molecule has 9 heteroatoms. The van der Waals surface area contributed by atoms with E-state index in [1.807, 2.05) is 13.8 Å². The summed E-state index contributed by atoms with van der Waals surface area (Å²) in [7, 11) is 1.50. The minimum Gasteiger partial charge on any atom is -0.507 e. The van der Waals surface area contributed by atoms with Gasteiger partial charge in [-0.15, -0.1) is 0 Å². The largest absolute Gasteiger partial charge is 0.507 e. The second-order valence-corrected chi connectivity index (χ2v) is 7.14. The average molecular weight is 440 g/mol. The van der Waals surface area contributed by atoms with E-state index in [0.29, 0.717) is 30.1 Å². The Bertz CT molecular complexity index is 1090. The topological polar surface area (TPSA) is 119 Å². The van der Waals surface area contributed by atoms with Gasteiger partial charge in [-0.1, -0.05) is 25.1 Å². The predicted molar refractivity (Wildman–Crippen MR) is 117 cm³/mol. The van der Waals surface area contributed by atoms with Gasteiger partial charge in [-0.2, -0.15) is 0 Å². The molecule has 168 valence electrons. The van der Waals surface area contributed by atoms with Crippen LogP contribution in [0.15, 0.2) is 48.0 Å². The number of aliphatic hydroxyl groups excluding tert-OH is 1. The first-order valence-corrected chi connectivity index (χ1v) is 10.2. The van der Waals surface area contributed by atoms with Crippen LogP contribution in [0.5, 0.6) is 11.5 Å². The summed E-state index contributed by atoms with van der Waals surface area (Å²) in [6.07, 6.45) is 0.592. The molecule has 1 fully saturated rings. The van der Waals surface area contributed by atoms with Crippen LogP contribution in [0.25, 0.3) is 5.76 Å². The van der Waals surface area contributed by atoms with E-state index in [0.717, 1.165) is 0 Å². The summed E-state index contributed by atoms with van der Waals surface area (Å²) in [6, 6.07) is 9.46. The number of aliphatic hydroxyl groups is 1. The minimum atomic E-state index is -0.876. The normalized spacial score (nSPS) is 17.5. The molecule has 0 radical (unpaired) electrons. The number of nitro groups is 1. The summed E-state index contributed by atoms with van der Waals surface area (Å²) < 4.78 is 10.9. The lowest BCUT2D eigenvalue weighted by Crippen LogP contribution is -2.30. The summed E-state index contributed by atoms with van der Waals surface area (Å²) >= 11 is 0. The highest BCUT2D eigenvalue weighted by atomic mass is 16.6.